The van der Waals surface area contributed by atoms with E-state index in [0.29, 0.717) is 0 Å². The van der Waals surface area contributed by atoms with E-state index in [2.05, 4.69) is 0 Å². The first-order chi connectivity index (χ1) is 1.73. The van der Waals surface area contributed by atoms with Gasteiger partial charge in [-0.15, -0.1) is 0 Å². The molecule has 0 aromatic heterocycles. The molecule has 0 bridgehead atoms. The Morgan fingerprint density at radius 2 is 1.40 bits per heavy atom. The molecule has 1 N–H and O–H groups in total. The van der Waals surface area contributed by atoms with Crippen molar-refractivity contribution in [2.24, 2.45) is 0 Å². The summed E-state index contributed by atoms with van der Waals surface area (Å²) in [6.07, 6.45) is 0. The summed E-state index contributed by atoms with van der Waals surface area (Å²) in [4.78, 5) is 0. The molecule has 0 rings (SSSR count). The zero-order chi connectivity index (χ0) is 3.58. The monoisotopic (exact) mass is 162 g/mol. The molecule has 3 nitrogen and oxygen atoms in total. The standard InChI is InChI=1S/FH.Nb.H2O.2O/h1H;;1H2;;/q;+1;;;/p-1. The van der Waals surface area contributed by atoms with Crippen LogP contribution in [-0.4, -0.2) is 3.61 Å². The molecule has 0 amide bonds. The molecule has 0 radical (unpaired) electrons. The van der Waals surface area contributed by atoms with Crippen LogP contribution in [-0.2, 0) is 25.3 Å². The van der Waals surface area contributed by atoms with Gasteiger partial charge in [0.25, 0.3) is 0 Å². The first kappa shape index (κ1) is 8.97. The Morgan fingerprint density at radius 1 is 1.40 bits per heavy atom. The molecule has 0 fully saturated rings. The van der Waals surface area contributed by atoms with Crippen molar-refractivity contribution in [2.75, 3.05) is 0 Å². The fraction of sp³-hybridized carbons (Fsp3) is 0. The van der Waals surface area contributed by atoms with Gasteiger partial charge in [0.15, 0.2) is 0 Å². The Balaban J connectivity index is 0. The quantitative estimate of drug-likeness (QED) is 0.481. The average molecular weight is 162 g/mol. The minimum atomic E-state index is -3.95. The normalized spacial score (nSPS) is 5.00. The van der Waals surface area contributed by atoms with Crippen molar-refractivity contribution in [3.63, 3.8) is 0 Å². The van der Waals surface area contributed by atoms with Crippen LogP contribution in [0.5, 0.6) is 0 Å². The third-order valence-electron chi connectivity index (χ3n) is 0. The molecule has 0 aromatic carbocycles. The van der Waals surface area contributed by atoms with E-state index in [1.54, 1.807) is 0 Å². The van der Waals surface area contributed by atoms with Crippen LogP contribution in [0.25, 0.3) is 0 Å². The third-order valence-corrected chi connectivity index (χ3v) is 0. The molecular formula is H2FNbO3. The van der Waals surface area contributed by atoms with Gasteiger partial charge in [-0.25, -0.2) is 0 Å². The van der Waals surface area contributed by atoms with Crippen molar-refractivity contribution < 1.29 is 33.6 Å². The van der Waals surface area contributed by atoms with Crippen LogP contribution in [0.4, 0.5) is 4.70 Å². The van der Waals surface area contributed by atoms with E-state index in [0.717, 1.165) is 0 Å². The van der Waals surface area contributed by atoms with Gasteiger partial charge in [-0.05, 0) is 0 Å². The molecule has 5 heteroatoms. The molecule has 0 atom stereocenters. The molecule has 0 aliphatic heterocycles. The van der Waals surface area contributed by atoms with Gasteiger partial charge in [-0.3, -0.25) is 4.70 Å². The molecule has 0 spiro atoms. The first-order valence-electron chi connectivity index (χ1n) is 0.565. The summed E-state index contributed by atoms with van der Waals surface area (Å²) in [6.45, 7) is 0. The van der Waals surface area contributed by atoms with Gasteiger partial charge in [0, 0.05) is 0 Å². The molecule has 32 valence electrons. The summed E-state index contributed by atoms with van der Waals surface area (Å²) in [5, 5.41) is 0. The van der Waals surface area contributed by atoms with Crippen LogP contribution in [0.2, 0.25) is 0 Å². The third kappa shape index (κ3) is 397. The van der Waals surface area contributed by atoms with Crippen LogP contribution < -0.4 is 0 Å². The predicted octanol–water partition coefficient (Wildman–Crippen LogP) is -0.645. The molecule has 0 aromatic rings. The second kappa shape index (κ2) is 4.23. The van der Waals surface area contributed by atoms with E-state index in [-0.39, 0.29) is 4.70 Å². The predicted molar refractivity (Wildman–Crippen MR) is 6.09 cm³/mol. The first-order valence-corrected chi connectivity index (χ1v) is 3.34. The summed E-state index contributed by atoms with van der Waals surface area (Å²) in [5.41, 5.74) is 0. The maximum absolute atomic E-state index is 8.71. The van der Waals surface area contributed by atoms with E-state index >= 15 is 0 Å². The van der Waals surface area contributed by atoms with E-state index in [9.17, 15) is 0 Å². The zero-order valence-corrected chi connectivity index (χ0v) is 4.32. The van der Waals surface area contributed by atoms with Crippen molar-refractivity contribution in [1.82, 2.24) is 0 Å². The van der Waals surface area contributed by atoms with Gasteiger partial charge in [0.2, 0.25) is 0 Å². The molecule has 0 unspecified atom stereocenters. The summed E-state index contributed by atoms with van der Waals surface area (Å²) >= 11 is -3.95. The topological polar surface area (TPSA) is 54.4 Å². The van der Waals surface area contributed by atoms with E-state index in [1.807, 2.05) is 0 Å². The number of halogens is 1. The van der Waals surface area contributed by atoms with Gasteiger partial charge in [-0.2, -0.15) is 0 Å². The van der Waals surface area contributed by atoms with Crippen LogP contribution in [0.15, 0.2) is 0 Å². The second-order valence-electron chi connectivity index (χ2n) is 0.238. The van der Waals surface area contributed by atoms with Crippen molar-refractivity contribution in [1.29, 1.82) is 0 Å². The van der Waals surface area contributed by atoms with E-state index in [4.69, 9.17) is 10.1 Å². The fourth-order valence-electron chi connectivity index (χ4n) is 0. The number of hydrogen-bond acceptors (Lipinski definition) is 2. The fourth-order valence-corrected chi connectivity index (χ4v) is 0. The van der Waals surface area contributed by atoms with Gasteiger partial charge in [-0.1, -0.05) is 0 Å². The Hall–Kier alpha value is 0.230. The van der Waals surface area contributed by atoms with Crippen LogP contribution in [0.1, 0.15) is 0 Å². The number of rotatable bonds is 0. The molecule has 5 heavy (non-hydrogen) atoms. The molecule has 0 aliphatic rings. The average Bonchev–Trinajstić information content (AvgIpc) is 0.811. The zero-order valence-electron chi connectivity index (χ0n) is 2.12. The van der Waals surface area contributed by atoms with Crippen molar-refractivity contribution in [2.45, 2.75) is 0 Å². The second-order valence-corrected chi connectivity index (χ2v) is 1.41. The number of hydrogen-bond donors (Lipinski definition) is 1. The Kier molecular flexibility index (Phi) is 7.59. The minimum absolute atomic E-state index is 0. The van der Waals surface area contributed by atoms with Crippen molar-refractivity contribution >= 4 is 0 Å². The molecule has 0 aliphatic carbocycles. The van der Waals surface area contributed by atoms with Crippen LogP contribution in [0, 0.1) is 0 Å². The van der Waals surface area contributed by atoms with Crippen LogP contribution in [0.3, 0.4) is 0 Å². The van der Waals surface area contributed by atoms with Gasteiger partial charge >= 0.3 is 28.9 Å². The Labute approximate surface area is 34.3 Å². The van der Waals surface area contributed by atoms with Crippen LogP contribution >= 0.6 is 0 Å². The van der Waals surface area contributed by atoms with Gasteiger partial charge in [0.05, 0.1) is 0 Å². The SMILES string of the molecule is F.[O]=[Nb](=[O])[OH]. The Morgan fingerprint density at radius 3 is 1.40 bits per heavy atom. The van der Waals surface area contributed by atoms with Gasteiger partial charge in [0.1, 0.15) is 0 Å². The van der Waals surface area contributed by atoms with Crippen molar-refractivity contribution in [3.8, 4) is 0 Å². The maximum atomic E-state index is 8.71. The molecule has 0 saturated heterocycles. The van der Waals surface area contributed by atoms with Crippen molar-refractivity contribution in [3.05, 3.63) is 0 Å². The summed E-state index contributed by atoms with van der Waals surface area (Å²) in [7, 11) is 0. The van der Waals surface area contributed by atoms with Gasteiger partial charge < -0.3 is 0 Å². The molecule has 0 heterocycles. The Bertz CT molecular complexity index is 55.3. The summed E-state index contributed by atoms with van der Waals surface area (Å²) < 4.78 is 24.6. The molecule has 0 saturated carbocycles. The van der Waals surface area contributed by atoms with E-state index < -0.39 is 18.8 Å². The molecular weight excluding hydrogens is 160 g/mol. The van der Waals surface area contributed by atoms with E-state index in [1.165, 1.54) is 0 Å². The summed E-state index contributed by atoms with van der Waals surface area (Å²) in [6, 6.07) is 0. The summed E-state index contributed by atoms with van der Waals surface area (Å²) in [5.74, 6) is 0.